The normalized spacial score (nSPS) is 13.8. The largest absolute Gasteiger partial charge is 0.484 e. The highest BCUT2D eigenvalue weighted by Crippen LogP contribution is 2.35. The fraction of sp³-hybridized carbons (Fsp3) is 0.538. The molecule has 1 aromatic carbocycles. The van der Waals surface area contributed by atoms with E-state index in [1.807, 2.05) is 20.8 Å². The van der Waals surface area contributed by atoms with Gasteiger partial charge in [0, 0.05) is 28.9 Å². The molecule has 6 nitrogen and oxygen atoms in total. The Hall–Kier alpha value is -1.63. The molecular formula is C13H20N2O4S. The summed E-state index contributed by atoms with van der Waals surface area (Å²) in [4.78, 5) is 10.8. The van der Waals surface area contributed by atoms with Gasteiger partial charge in [0.2, 0.25) is 0 Å². The molecule has 0 radical (unpaired) electrons. The van der Waals surface area contributed by atoms with Crippen molar-refractivity contribution in [3.63, 3.8) is 0 Å². The lowest BCUT2D eigenvalue weighted by Gasteiger charge is -2.14. The summed E-state index contributed by atoms with van der Waals surface area (Å²) in [7, 11) is -0.979. The van der Waals surface area contributed by atoms with E-state index in [0.717, 1.165) is 0 Å². The van der Waals surface area contributed by atoms with Crippen molar-refractivity contribution in [2.24, 2.45) is 0 Å². The van der Waals surface area contributed by atoms with E-state index in [1.54, 1.807) is 24.5 Å². The van der Waals surface area contributed by atoms with E-state index in [4.69, 9.17) is 4.74 Å². The summed E-state index contributed by atoms with van der Waals surface area (Å²) in [6, 6.07) is 4.89. The lowest BCUT2D eigenvalue weighted by atomic mass is 10.2. The van der Waals surface area contributed by atoms with Gasteiger partial charge in [-0.2, -0.15) is 0 Å². The number of ether oxygens (including phenoxy) is 1. The SMILES string of the molecule is CC(C)Oc1cccc(NCC(C)S(C)=O)c1[N+](=O)[O-]. The molecule has 0 bridgehead atoms. The zero-order valence-electron chi connectivity index (χ0n) is 12.1. The lowest BCUT2D eigenvalue weighted by molar-refractivity contribution is -0.385. The number of rotatable bonds is 7. The first kappa shape index (κ1) is 16.4. The van der Waals surface area contributed by atoms with E-state index in [1.165, 1.54) is 0 Å². The summed E-state index contributed by atoms with van der Waals surface area (Å²) in [6.07, 6.45) is 1.46. The van der Waals surface area contributed by atoms with Gasteiger partial charge >= 0.3 is 5.69 Å². The standard InChI is InChI=1S/C13H20N2O4S/c1-9(2)19-12-7-5-6-11(13(12)15(16)17)14-8-10(3)20(4)18/h5-7,9-10,14H,8H2,1-4H3. The molecule has 1 N–H and O–H groups in total. The fourth-order valence-electron chi connectivity index (χ4n) is 1.57. The molecule has 0 aliphatic rings. The van der Waals surface area contributed by atoms with Crippen LogP contribution < -0.4 is 10.1 Å². The molecule has 1 aromatic rings. The zero-order valence-corrected chi connectivity index (χ0v) is 12.9. The summed E-state index contributed by atoms with van der Waals surface area (Å²) in [5.41, 5.74) is 0.292. The highest BCUT2D eigenvalue weighted by Gasteiger charge is 2.22. The number of nitrogens with zero attached hydrogens (tertiary/aromatic N) is 1. The van der Waals surface area contributed by atoms with Crippen LogP contribution in [0.25, 0.3) is 0 Å². The summed E-state index contributed by atoms with van der Waals surface area (Å²) in [6.45, 7) is 5.84. The molecule has 2 atom stereocenters. The first-order valence-electron chi connectivity index (χ1n) is 6.33. The van der Waals surface area contributed by atoms with E-state index in [-0.39, 0.29) is 22.8 Å². The topological polar surface area (TPSA) is 81.5 Å². The Labute approximate surface area is 121 Å². The van der Waals surface area contributed by atoms with Crippen LogP contribution in [-0.4, -0.2) is 33.3 Å². The summed E-state index contributed by atoms with van der Waals surface area (Å²) >= 11 is 0. The highest BCUT2D eigenvalue weighted by atomic mass is 32.2. The van der Waals surface area contributed by atoms with Gasteiger partial charge < -0.3 is 10.1 Å². The van der Waals surface area contributed by atoms with Gasteiger partial charge in [0.25, 0.3) is 0 Å². The molecule has 20 heavy (non-hydrogen) atoms. The molecule has 0 aromatic heterocycles. The van der Waals surface area contributed by atoms with Crippen molar-refractivity contribution in [2.45, 2.75) is 32.1 Å². The number of nitrogens with one attached hydrogen (secondary N) is 1. The Morgan fingerprint density at radius 3 is 2.55 bits per heavy atom. The molecule has 0 spiro atoms. The number of hydrogen-bond donors (Lipinski definition) is 1. The van der Waals surface area contributed by atoms with E-state index < -0.39 is 15.7 Å². The van der Waals surface area contributed by atoms with Gasteiger partial charge in [0.1, 0.15) is 5.69 Å². The van der Waals surface area contributed by atoms with Gasteiger partial charge in [-0.15, -0.1) is 0 Å². The molecule has 2 unspecified atom stereocenters. The number of nitro groups is 1. The van der Waals surface area contributed by atoms with Crippen molar-refractivity contribution in [3.05, 3.63) is 28.3 Å². The number of para-hydroxylation sites is 1. The minimum absolute atomic E-state index is 0.0877. The van der Waals surface area contributed by atoms with Crippen LogP contribution in [0.4, 0.5) is 11.4 Å². The maximum Gasteiger partial charge on any atom is 0.333 e. The number of benzene rings is 1. The molecule has 0 aliphatic carbocycles. The monoisotopic (exact) mass is 300 g/mol. The van der Waals surface area contributed by atoms with Crippen molar-refractivity contribution in [1.82, 2.24) is 0 Å². The average Bonchev–Trinajstić information content (AvgIpc) is 2.34. The van der Waals surface area contributed by atoms with Gasteiger partial charge in [-0.05, 0) is 32.9 Å². The number of nitro benzene ring substituents is 1. The summed E-state index contributed by atoms with van der Waals surface area (Å²) in [5.74, 6) is 0.236. The minimum atomic E-state index is -0.979. The van der Waals surface area contributed by atoms with Crippen molar-refractivity contribution in [2.75, 3.05) is 18.1 Å². The van der Waals surface area contributed by atoms with E-state index in [9.17, 15) is 14.3 Å². The van der Waals surface area contributed by atoms with Gasteiger partial charge in [-0.25, -0.2) is 0 Å². The highest BCUT2D eigenvalue weighted by molar-refractivity contribution is 7.84. The van der Waals surface area contributed by atoms with E-state index >= 15 is 0 Å². The molecule has 112 valence electrons. The van der Waals surface area contributed by atoms with Crippen molar-refractivity contribution < 1.29 is 13.9 Å². The number of anilines is 1. The molecule has 0 heterocycles. The second-order valence-corrected chi connectivity index (χ2v) is 6.57. The molecule has 0 saturated heterocycles. The smallest absolute Gasteiger partial charge is 0.333 e. The molecule has 0 saturated carbocycles. The Kier molecular flexibility index (Phi) is 5.94. The molecule has 0 amide bonds. The Bertz CT molecular complexity index is 505. The fourth-order valence-corrected chi connectivity index (χ4v) is 1.89. The second-order valence-electron chi connectivity index (χ2n) is 4.77. The van der Waals surface area contributed by atoms with E-state index in [0.29, 0.717) is 12.2 Å². The predicted molar refractivity (Wildman–Crippen MR) is 80.9 cm³/mol. The van der Waals surface area contributed by atoms with Crippen molar-refractivity contribution in [1.29, 1.82) is 0 Å². The predicted octanol–water partition coefficient (Wildman–Crippen LogP) is 2.56. The summed E-state index contributed by atoms with van der Waals surface area (Å²) in [5, 5.41) is 14.1. The van der Waals surface area contributed by atoms with Gasteiger partial charge in [0.15, 0.2) is 5.75 Å². The first-order valence-corrected chi connectivity index (χ1v) is 7.95. The summed E-state index contributed by atoms with van der Waals surface area (Å²) < 4.78 is 16.8. The van der Waals surface area contributed by atoms with Crippen LogP contribution >= 0.6 is 0 Å². The van der Waals surface area contributed by atoms with Crippen LogP contribution in [-0.2, 0) is 10.8 Å². The molecule has 0 aliphatic heterocycles. The molecule has 0 fully saturated rings. The second kappa shape index (κ2) is 7.23. The van der Waals surface area contributed by atoms with Crippen molar-refractivity contribution in [3.8, 4) is 5.75 Å². The van der Waals surface area contributed by atoms with E-state index in [2.05, 4.69) is 5.32 Å². The van der Waals surface area contributed by atoms with Gasteiger partial charge in [-0.1, -0.05) is 6.07 Å². The minimum Gasteiger partial charge on any atom is -0.484 e. The van der Waals surface area contributed by atoms with Gasteiger partial charge in [-0.3, -0.25) is 14.3 Å². The Morgan fingerprint density at radius 1 is 1.40 bits per heavy atom. The third kappa shape index (κ3) is 4.48. The zero-order chi connectivity index (χ0) is 15.3. The van der Waals surface area contributed by atoms with Crippen LogP contribution in [0.15, 0.2) is 18.2 Å². The average molecular weight is 300 g/mol. The van der Waals surface area contributed by atoms with Crippen LogP contribution in [0.2, 0.25) is 0 Å². The maximum atomic E-state index is 11.3. The third-order valence-electron chi connectivity index (χ3n) is 2.69. The van der Waals surface area contributed by atoms with Crippen molar-refractivity contribution >= 4 is 22.2 Å². The van der Waals surface area contributed by atoms with Crippen LogP contribution in [0.5, 0.6) is 5.75 Å². The molecule has 1 rings (SSSR count). The van der Waals surface area contributed by atoms with Crippen LogP contribution in [0.3, 0.4) is 0 Å². The first-order chi connectivity index (χ1) is 9.32. The van der Waals surface area contributed by atoms with Crippen LogP contribution in [0, 0.1) is 10.1 Å². The molecule has 7 heteroatoms. The number of hydrogen-bond acceptors (Lipinski definition) is 5. The third-order valence-corrected chi connectivity index (χ3v) is 3.99. The lowest BCUT2D eigenvalue weighted by Crippen LogP contribution is -2.21. The Balaban J connectivity index is 3.00. The molecular weight excluding hydrogens is 280 g/mol. The Morgan fingerprint density at radius 2 is 2.05 bits per heavy atom. The quantitative estimate of drug-likeness (QED) is 0.618. The van der Waals surface area contributed by atoms with Gasteiger partial charge in [0.05, 0.1) is 11.0 Å². The maximum absolute atomic E-state index is 11.3. The van der Waals surface area contributed by atoms with Crippen LogP contribution in [0.1, 0.15) is 20.8 Å².